The molecular formula is C22H30O4. The summed E-state index contributed by atoms with van der Waals surface area (Å²) >= 11 is 0. The van der Waals surface area contributed by atoms with E-state index in [0.29, 0.717) is 18.1 Å². The number of allylic oxidation sites excluding steroid dienone is 1. The van der Waals surface area contributed by atoms with Crippen LogP contribution in [0.5, 0.6) is 17.2 Å². The second-order valence-electron chi connectivity index (χ2n) is 9.10. The van der Waals surface area contributed by atoms with Gasteiger partial charge in [-0.25, -0.2) is 0 Å². The third-order valence-corrected chi connectivity index (χ3v) is 7.05. The molecule has 0 amide bonds. The van der Waals surface area contributed by atoms with Crippen LogP contribution in [-0.4, -0.2) is 21.6 Å². The highest BCUT2D eigenvalue weighted by Crippen LogP contribution is 2.61. The lowest BCUT2D eigenvalue weighted by Crippen LogP contribution is -2.47. The first-order valence-corrected chi connectivity index (χ1v) is 9.57. The van der Waals surface area contributed by atoms with Gasteiger partial charge in [-0.15, -0.1) is 0 Å². The summed E-state index contributed by atoms with van der Waals surface area (Å²) in [5, 5.41) is 30.7. The normalized spacial score (nSPS) is 32.2. The van der Waals surface area contributed by atoms with Crippen LogP contribution in [0.2, 0.25) is 0 Å². The van der Waals surface area contributed by atoms with Gasteiger partial charge in [0.2, 0.25) is 0 Å². The smallest absolute Gasteiger partial charge is 0.168 e. The molecule has 2 aliphatic carbocycles. The van der Waals surface area contributed by atoms with E-state index in [1.807, 2.05) is 6.08 Å². The second kappa shape index (κ2) is 6.33. The maximum absolute atomic E-state index is 11.2. The Bertz CT molecular complexity index is 762. The van der Waals surface area contributed by atoms with Crippen molar-refractivity contribution in [3.8, 4) is 17.2 Å². The fourth-order valence-electron chi connectivity index (χ4n) is 5.69. The van der Waals surface area contributed by atoms with Crippen molar-refractivity contribution in [2.45, 2.75) is 59.8 Å². The summed E-state index contributed by atoms with van der Waals surface area (Å²) < 4.78 is 0. The number of benzene rings is 1. The van der Waals surface area contributed by atoms with Crippen LogP contribution in [-0.2, 0) is 0 Å². The first-order chi connectivity index (χ1) is 12.1. The fourth-order valence-corrected chi connectivity index (χ4v) is 5.69. The zero-order valence-electron chi connectivity index (χ0n) is 16.2. The molecule has 4 nitrogen and oxygen atoms in total. The van der Waals surface area contributed by atoms with Gasteiger partial charge in [0.1, 0.15) is 5.75 Å². The summed E-state index contributed by atoms with van der Waals surface area (Å²) in [6, 6.07) is 1.10. The van der Waals surface area contributed by atoms with Gasteiger partial charge in [-0.05, 0) is 60.5 Å². The Morgan fingerprint density at radius 3 is 2.42 bits per heavy atom. The van der Waals surface area contributed by atoms with Crippen LogP contribution in [0, 0.1) is 22.7 Å². The Kier molecular flexibility index (Phi) is 4.58. The molecule has 0 bridgehead atoms. The van der Waals surface area contributed by atoms with E-state index in [-0.39, 0.29) is 39.2 Å². The quantitative estimate of drug-likeness (QED) is 0.383. The van der Waals surface area contributed by atoms with Gasteiger partial charge in [-0.3, -0.25) is 4.79 Å². The molecule has 3 N–H and O–H groups in total. The molecule has 0 aromatic heterocycles. The summed E-state index contributed by atoms with van der Waals surface area (Å²) in [7, 11) is 0. The zero-order valence-corrected chi connectivity index (χ0v) is 16.2. The van der Waals surface area contributed by atoms with Gasteiger partial charge < -0.3 is 15.3 Å². The SMILES string of the molecule is C[C@@H]1CC[C@@H]2C(C)(C)CCC[C@@]2(C)/C1=C/c1c(O)c(O)cc(C=O)c1O. The number of carbonyl (C=O) groups excluding carboxylic acids is 1. The van der Waals surface area contributed by atoms with Gasteiger partial charge in [0.15, 0.2) is 17.8 Å². The van der Waals surface area contributed by atoms with E-state index in [2.05, 4.69) is 27.7 Å². The van der Waals surface area contributed by atoms with E-state index in [1.165, 1.54) is 18.4 Å². The first kappa shape index (κ1) is 18.8. The second-order valence-corrected chi connectivity index (χ2v) is 9.10. The van der Waals surface area contributed by atoms with Gasteiger partial charge in [0.05, 0.1) is 11.1 Å². The van der Waals surface area contributed by atoms with Crippen LogP contribution in [0.15, 0.2) is 11.6 Å². The summed E-state index contributed by atoms with van der Waals surface area (Å²) in [5.41, 5.74) is 1.59. The maximum atomic E-state index is 11.2. The summed E-state index contributed by atoms with van der Waals surface area (Å²) in [6.45, 7) is 9.18. The highest BCUT2D eigenvalue weighted by molar-refractivity contribution is 5.86. The summed E-state index contributed by atoms with van der Waals surface area (Å²) in [5.74, 6) is -0.153. The van der Waals surface area contributed by atoms with Crippen LogP contribution in [0.4, 0.5) is 0 Å². The number of rotatable bonds is 2. The molecule has 2 aliphatic rings. The molecule has 0 aliphatic heterocycles. The zero-order chi connectivity index (χ0) is 19.3. The van der Waals surface area contributed by atoms with E-state index >= 15 is 0 Å². The number of phenolic OH excluding ortho intramolecular Hbond substituents is 3. The molecule has 2 fully saturated rings. The van der Waals surface area contributed by atoms with E-state index in [1.54, 1.807) is 0 Å². The third kappa shape index (κ3) is 2.80. The molecule has 0 unspecified atom stereocenters. The van der Waals surface area contributed by atoms with Gasteiger partial charge in [0, 0.05) is 0 Å². The van der Waals surface area contributed by atoms with Crippen molar-refractivity contribution in [1.82, 2.24) is 0 Å². The Hall–Kier alpha value is -1.97. The molecule has 2 saturated carbocycles. The van der Waals surface area contributed by atoms with Gasteiger partial charge in [-0.1, -0.05) is 39.7 Å². The Labute approximate surface area is 155 Å². The lowest BCUT2D eigenvalue weighted by atomic mass is 9.48. The highest BCUT2D eigenvalue weighted by atomic mass is 16.3. The number of aromatic hydroxyl groups is 3. The Balaban J connectivity index is 2.18. The van der Waals surface area contributed by atoms with Crippen LogP contribution in [0.3, 0.4) is 0 Å². The summed E-state index contributed by atoms with van der Waals surface area (Å²) in [4.78, 5) is 11.2. The minimum Gasteiger partial charge on any atom is -0.506 e. The molecule has 3 rings (SSSR count). The molecule has 1 aromatic carbocycles. The average Bonchev–Trinajstić information content (AvgIpc) is 2.56. The van der Waals surface area contributed by atoms with Crippen molar-refractivity contribution in [1.29, 1.82) is 0 Å². The van der Waals surface area contributed by atoms with E-state index in [9.17, 15) is 20.1 Å². The molecule has 1 aromatic rings. The van der Waals surface area contributed by atoms with E-state index in [4.69, 9.17) is 0 Å². The first-order valence-electron chi connectivity index (χ1n) is 9.57. The average molecular weight is 358 g/mol. The van der Waals surface area contributed by atoms with Crippen LogP contribution in [0.1, 0.15) is 75.7 Å². The minimum atomic E-state index is -0.383. The molecule has 26 heavy (non-hydrogen) atoms. The highest BCUT2D eigenvalue weighted by Gasteiger charge is 2.51. The van der Waals surface area contributed by atoms with Crippen molar-refractivity contribution in [2.75, 3.05) is 0 Å². The lowest BCUT2D eigenvalue weighted by Gasteiger charge is -2.56. The van der Waals surface area contributed by atoms with Crippen LogP contribution < -0.4 is 0 Å². The minimum absolute atomic E-state index is 0.00883. The molecule has 0 radical (unpaired) electrons. The van der Waals surface area contributed by atoms with Crippen molar-refractivity contribution in [3.05, 3.63) is 22.8 Å². The number of aldehydes is 1. The predicted octanol–water partition coefficient (Wildman–Crippen LogP) is 5.26. The van der Waals surface area contributed by atoms with Crippen molar-refractivity contribution in [2.24, 2.45) is 22.7 Å². The van der Waals surface area contributed by atoms with Crippen molar-refractivity contribution >= 4 is 12.4 Å². The lowest BCUT2D eigenvalue weighted by molar-refractivity contribution is -0.00535. The topological polar surface area (TPSA) is 77.8 Å². The largest absolute Gasteiger partial charge is 0.506 e. The third-order valence-electron chi connectivity index (χ3n) is 7.05. The number of hydrogen-bond donors (Lipinski definition) is 3. The van der Waals surface area contributed by atoms with Crippen molar-refractivity contribution < 1.29 is 20.1 Å². The molecule has 0 heterocycles. The van der Waals surface area contributed by atoms with Crippen molar-refractivity contribution in [3.63, 3.8) is 0 Å². The molecule has 0 saturated heterocycles. The maximum Gasteiger partial charge on any atom is 0.168 e. The molecule has 142 valence electrons. The molecule has 4 heteroatoms. The predicted molar refractivity (Wildman–Crippen MR) is 102 cm³/mol. The number of fused-ring (bicyclic) bond motifs is 1. The van der Waals surface area contributed by atoms with Gasteiger partial charge in [0.25, 0.3) is 0 Å². The monoisotopic (exact) mass is 358 g/mol. The standard InChI is InChI=1S/C22H30O4/c1-13-6-7-18-21(2,3)8-5-9-22(18,4)16(13)11-15-19(25)14(12-23)10-17(24)20(15)26/h10-13,18,24-26H,5-9H2,1-4H3/b16-11+/t13-,18-,22+/m1/s1. The van der Waals surface area contributed by atoms with Crippen LogP contribution >= 0.6 is 0 Å². The molecule has 0 spiro atoms. The van der Waals surface area contributed by atoms with Gasteiger partial charge in [-0.2, -0.15) is 0 Å². The fraction of sp³-hybridized carbons (Fsp3) is 0.591. The van der Waals surface area contributed by atoms with Gasteiger partial charge >= 0.3 is 0 Å². The Morgan fingerprint density at radius 1 is 1.08 bits per heavy atom. The number of phenols is 3. The van der Waals surface area contributed by atoms with E-state index < -0.39 is 0 Å². The van der Waals surface area contributed by atoms with E-state index in [0.717, 1.165) is 25.3 Å². The Morgan fingerprint density at radius 2 is 1.77 bits per heavy atom. The molecule has 3 atom stereocenters. The van der Waals surface area contributed by atoms with Crippen LogP contribution in [0.25, 0.3) is 6.08 Å². The summed E-state index contributed by atoms with van der Waals surface area (Å²) in [6.07, 6.45) is 8.02. The molecular weight excluding hydrogens is 328 g/mol. The number of hydrogen-bond acceptors (Lipinski definition) is 4. The number of carbonyl (C=O) groups is 1.